The van der Waals surface area contributed by atoms with Crippen LogP contribution in [0.3, 0.4) is 0 Å². The predicted molar refractivity (Wildman–Crippen MR) is 90.7 cm³/mol. The van der Waals surface area contributed by atoms with E-state index in [0.29, 0.717) is 6.61 Å². The van der Waals surface area contributed by atoms with Crippen LogP contribution in [0.25, 0.3) is 0 Å². The summed E-state index contributed by atoms with van der Waals surface area (Å²) in [5.74, 6) is 0. The second-order valence-corrected chi connectivity index (χ2v) is 7.69. The minimum absolute atomic E-state index is 0.147. The van der Waals surface area contributed by atoms with E-state index in [0.717, 1.165) is 19.3 Å². The molecule has 1 atom stereocenters. The smallest absolute Gasteiger partial charge is 0.0697 e. The molecule has 1 heterocycles. The SMILES string of the molecule is CCCCCCCCCCCCC1(O)CCOC(C)(C)C1. The van der Waals surface area contributed by atoms with Gasteiger partial charge in [0.1, 0.15) is 0 Å². The van der Waals surface area contributed by atoms with Gasteiger partial charge >= 0.3 is 0 Å². The minimum Gasteiger partial charge on any atom is -0.390 e. The van der Waals surface area contributed by atoms with E-state index in [1.807, 2.05) is 0 Å². The highest BCUT2D eigenvalue weighted by atomic mass is 16.5. The highest BCUT2D eigenvalue weighted by Gasteiger charge is 2.38. The van der Waals surface area contributed by atoms with Gasteiger partial charge in [-0.25, -0.2) is 0 Å². The van der Waals surface area contributed by atoms with Crippen LogP contribution in [0.4, 0.5) is 0 Å². The van der Waals surface area contributed by atoms with Crippen molar-refractivity contribution in [2.75, 3.05) is 6.61 Å². The largest absolute Gasteiger partial charge is 0.390 e. The molecule has 0 aromatic rings. The van der Waals surface area contributed by atoms with Crippen molar-refractivity contribution >= 4 is 0 Å². The third-order valence-corrected chi connectivity index (χ3v) is 4.81. The maximum absolute atomic E-state index is 10.7. The molecule has 0 amide bonds. The fourth-order valence-electron chi connectivity index (χ4n) is 3.60. The standard InChI is InChI=1S/C19H38O2/c1-4-5-6-7-8-9-10-11-12-13-14-19(20)15-16-21-18(2,3)17-19/h20H,4-17H2,1-3H3. The molecule has 0 bridgehead atoms. The van der Waals surface area contributed by atoms with Gasteiger partial charge in [-0.2, -0.15) is 0 Å². The first-order valence-electron chi connectivity index (χ1n) is 9.34. The second-order valence-electron chi connectivity index (χ2n) is 7.69. The summed E-state index contributed by atoms with van der Waals surface area (Å²) in [7, 11) is 0. The molecule has 2 heteroatoms. The molecule has 1 fully saturated rings. The van der Waals surface area contributed by atoms with E-state index >= 15 is 0 Å². The molecule has 0 saturated carbocycles. The second kappa shape index (κ2) is 9.84. The van der Waals surface area contributed by atoms with Gasteiger partial charge in [0.25, 0.3) is 0 Å². The van der Waals surface area contributed by atoms with Crippen LogP contribution in [0, 0.1) is 0 Å². The van der Waals surface area contributed by atoms with Crippen molar-refractivity contribution in [2.45, 2.75) is 115 Å². The first kappa shape index (κ1) is 19.0. The van der Waals surface area contributed by atoms with Gasteiger partial charge in [-0.05, 0) is 26.7 Å². The van der Waals surface area contributed by atoms with Crippen molar-refractivity contribution in [2.24, 2.45) is 0 Å². The zero-order valence-corrected chi connectivity index (χ0v) is 14.8. The molecule has 0 spiro atoms. The molecule has 2 nitrogen and oxygen atoms in total. The zero-order valence-electron chi connectivity index (χ0n) is 14.8. The molecule has 1 N–H and O–H groups in total. The summed E-state index contributed by atoms with van der Waals surface area (Å²) < 4.78 is 5.70. The summed E-state index contributed by atoms with van der Waals surface area (Å²) in [6.07, 6.45) is 16.1. The van der Waals surface area contributed by atoms with Crippen LogP contribution in [0.5, 0.6) is 0 Å². The third kappa shape index (κ3) is 8.83. The highest BCUT2D eigenvalue weighted by Crippen LogP contribution is 2.35. The van der Waals surface area contributed by atoms with Gasteiger partial charge in [-0.1, -0.05) is 71.1 Å². The summed E-state index contributed by atoms with van der Waals surface area (Å²) in [6.45, 7) is 7.17. The van der Waals surface area contributed by atoms with E-state index in [2.05, 4.69) is 20.8 Å². The van der Waals surface area contributed by atoms with E-state index in [-0.39, 0.29) is 5.60 Å². The Morgan fingerprint density at radius 2 is 1.38 bits per heavy atom. The number of rotatable bonds is 11. The molecule has 0 aliphatic carbocycles. The lowest BCUT2D eigenvalue weighted by Crippen LogP contribution is -2.45. The van der Waals surface area contributed by atoms with Crippen LogP contribution in [0.2, 0.25) is 0 Å². The maximum atomic E-state index is 10.7. The van der Waals surface area contributed by atoms with Crippen LogP contribution < -0.4 is 0 Å². The van der Waals surface area contributed by atoms with Crippen molar-refractivity contribution in [3.05, 3.63) is 0 Å². The molecule has 0 aromatic heterocycles. The van der Waals surface area contributed by atoms with Gasteiger partial charge in [0, 0.05) is 6.42 Å². The lowest BCUT2D eigenvalue weighted by atomic mass is 9.81. The normalized spacial score (nSPS) is 25.1. The first-order valence-corrected chi connectivity index (χ1v) is 9.34. The van der Waals surface area contributed by atoms with Crippen LogP contribution >= 0.6 is 0 Å². The highest BCUT2D eigenvalue weighted by molar-refractivity contribution is 4.90. The van der Waals surface area contributed by atoms with Gasteiger partial charge in [-0.3, -0.25) is 0 Å². The molecule has 0 radical (unpaired) electrons. The fraction of sp³-hybridized carbons (Fsp3) is 1.00. The number of aliphatic hydroxyl groups is 1. The molecule has 1 aliphatic rings. The lowest BCUT2D eigenvalue weighted by Gasteiger charge is -2.41. The third-order valence-electron chi connectivity index (χ3n) is 4.81. The van der Waals surface area contributed by atoms with Crippen molar-refractivity contribution in [1.29, 1.82) is 0 Å². The minimum atomic E-state index is -0.470. The van der Waals surface area contributed by atoms with Gasteiger partial charge < -0.3 is 9.84 Å². The maximum Gasteiger partial charge on any atom is 0.0697 e. The van der Waals surface area contributed by atoms with E-state index < -0.39 is 5.60 Å². The first-order chi connectivity index (χ1) is 9.97. The number of ether oxygens (including phenoxy) is 1. The average Bonchev–Trinajstić information content (AvgIpc) is 2.39. The lowest BCUT2D eigenvalue weighted by molar-refractivity contribution is -0.147. The van der Waals surface area contributed by atoms with Crippen molar-refractivity contribution in [1.82, 2.24) is 0 Å². The molecule has 1 unspecified atom stereocenters. The molecule has 1 rings (SSSR count). The van der Waals surface area contributed by atoms with Gasteiger partial charge in [0.15, 0.2) is 0 Å². The van der Waals surface area contributed by atoms with Crippen LogP contribution in [0.15, 0.2) is 0 Å². The van der Waals surface area contributed by atoms with E-state index in [4.69, 9.17) is 4.74 Å². The molecule has 1 aliphatic heterocycles. The van der Waals surface area contributed by atoms with Crippen LogP contribution in [-0.4, -0.2) is 22.9 Å². The summed E-state index contributed by atoms with van der Waals surface area (Å²) >= 11 is 0. The number of unbranched alkanes of at least 4 members (excludes halogenated alkanes) is 9. The van der Waals surface area contributed by atoms with Gasteiger partial charge in [0.2, 0.25) is 0 Å². The number of hydrogen-bond acceptors (Lipinski definition) is 2. The molecule has 21 heavy (non-hydrogen) atoms. The Morgan fingerprint density at radius 3 is 1.90 bits per heavy atom. The van der Waals surface area contributed by atoms with E-state index in [1.54, 1.807) is 0 Å². The Hall–Kier alpha value is -0.0800. The summed E-state index contributed by atoms with van der Waals surface area (Å²) in [6, 6.07) is 0. The molecule has 0 aromatic carbocycles. The molecule has 126 valence electrons. The van der Waals surface area contributed by atoms with Crippen molar-refractivity contribution in [3.8, 4) is 0 Å². The monoisotopic (exact) mass is 298 g/mol. The number of hydrogen-bond donors (Lipinski definition) is 1. The predicted octanol–water partition coefficient (Wildman–Crippen LogP) is 5.62. The topological polar surface area (TPSA) is 29.5 Å². The Labute approximate surface area is 132 Å². The van der Waals surface area contributed by atoms with Crippen molar-refractivity contribution in [3.63, 3.8) is 0 Å². The van der Waals surface area contributed by atoms with Gasteiger partial charge in [0.05, 0.1) is 17.8 Å². The van der Waals surface area contributed by atoms with E-state index in [9.17, 15) is 5.11 Å². The Morgan fingerprint density at radius 1 is 0.857 bits per heavy atom. The molecule has 1 saturated heterocycles. The van der Waals surface area contributed by atoms with Crippen LogP contribution in [0.1, 0.15) is 104 Å². The zero-order chi connectivity index (χ0) is 15.6. The average molecular weight is 299 g/mol. The van der Waals surface area contributed by atoms with E-state index in [1.165, 1.54) is 64.2 Å². The molecular formula is C19H38O2. The Bertz CT molecular complexity index is 262. The summed E-state index contributed by atoms with van der Waals surface area (Å²) in [5.41, 5.74) is -0.618. The summed E-state index contributed by atoms with van der Waals surface area (Å²) in [5, 5.41) is 10.7. The Balaban J connectivity index is 1.96. The Kier molecular flexibility index (Phi) is 8.89. The molecular weight excluding hydrogens is 260 g/mol. The fourth-order valence-corrected chi connectivity index (χ4v) is 3.60. The van der Waals surface area contributed by atoms with Gasteiger partial charge in [-0.15, -0.1) is 0 Å². The quantitative estimate of drug-likeness (QED) is 0.502. The van der Waals surface area contributed by atoms with Crippen molar-refractivity contribution < 1.29 is 9.84 Å². The van der Waals surface area contributed by atoms with Crippen LogP contribution in [-0.2, 0) is 4.74 Å². The summed E-state index contributed by atoms with van der Waals surface area (Å²) in [4.78, 5) is 0.